The highest BCUT2D eigenvalue weighted by Gasteiger charge is 1.98. The Hall–Kier alpha value is -1.87. The number of ether oxygens (including phenoxy) is 1. The second kappa shape index (κ2) is 6.17. The first-order chi connectivity index (χ1) is 8.79. The van der Waals surface area contributed by atoms with Crippen LogP contribution in [0.15, 0.2) is 42.7 Å². The van der Waals surface area contributed by atoms with Crippen molar-refractivity contribution in [2.75, 3.05) is 7.11 Å². The molecular formula is C15H18N2O. The first kappa shape index (κ1) is 12.6. The van der Waals surface area contributed by atoms with Crippen LogP contribution in [0, 0.1) is 6.92 Å². The lowest BCUT2D eigenvalue weighted by Crippen LogP contribution is -2.13. The van der Waals surface area contributed by atoms with Crippen molar-refractivity contribution in [3.05, 3.63) is 59.4 Å². The minimum absolute atomic E-state index is 0.853. The number of aromatic nitrogens is 1. The molecule has 3 nitrogen and oxygen atoms in total. The van der Waals surface area contributed by atoms with Gasteiger partial charge in [0, 0.05) is 25.5 Å². The minimum atomic E-state index is 0.853. The number of hydrogen-bond acceptors (Lipinski definition) is 3. The Morgan fingerprint density at radius 3 is 2.56 bits per heavy atom. The average molecular weight is 242 g/mol. The molecule has 94 valence electrons. The quantitative estimate of drug-likeness (QED) is 0.875. The SMILES string of the molecule is COc1ccc(CNCc2ccncc2C)cc1. The summed E-state index contributed by atoms with van der Waals surface area (Å²) in [5, 5.41) is 3.43. The Morgan fingerprint density at radius 1 is 1.11 bits per heavy atom. The number of methoxy groups -OCH3 is 1. The third-order valence-corrected chi connectivity index (χ3v) is 2.94. The van der Waals surface area contributed by atoms with E-state index < -0.39 is 0 Å². The van der Waals surface area contributed by atoms with Crippen LogP contribution in [0.1, 0.15) is 16.7 Å². The Balaban J connectivity index is 1.86. The van der Waals surface area contributed by atoms with Crippen molar-refractivity contribution in [1.82, 2.24) is 10.3 Å². The second-order valence-corrected chi connectivity index (χ2v) is 4.25. The van der Waals surface area contributed by atoms with E-state index in [0.717, 1.165) is 18.8 Å². The van der Waals surface area contributed by atoms with Crippen LogP contribution >= 0.6 is 0 Å². The fraction of sp³-hybridized carbons (Fsp3) is 0.267. The monoisotopic (exact) mass is 242 g/mol. The molecule has 0 fully saturated rings. The molecule has 18 heavy (non-hydrogen) atoms. The summed E-state index contributed by atoms with van der Waals surface area (Å²) in [5.74, 6) is 0.892. The lowest BCUT2D eigenvalue weighted by molar-refractivity contribution is 0.414. The largest absolute Gasteiger partial charge is 0.497 e. The first-order valence-electron chi connectivity index (χ1n) is 6.03. The van der Waals surface area contributed by atoms with Crippen LogP contribution in [0.2, 0.25) is 0 Å². The molecule has 2 rings (SSSR count). The summed E-state index contributed by atoms with van der Waals surface area (Å²) in [4.78, 5) is 4.09. The molecule has 0 saturated heterocycles. The molecule has 0 atom stereocenters. The maximum atomic E-state index is 5.13. The van der Waals surface area contributed by atoms with Gasteiger partial charge in [0.05, 0.1) is 7.11 Å². The van der Waals surface area contributed by atoms with E-state index in [0.29, 0.717) is 0 Å². The van der Waals surface area contributed by atoms with Gasteiger partial charge in [-0.1, -0.05) is 12.1 Å². The summed E-state index contributed by atoms with van der Waals surface area (Å²) >= 11 is 0. The highest BCUT2D eigenvalue weighted by molar-refractivity contribution is 5.27. The molecule has 1 N–H and O–H groups in total. The van der Waals surface area contributed by atoms with E-state index in [1.165, 1.54) is 16.7 Å². The molecule has 0 spiro atoms. The Morgan fingerprint density at radius 2 is 1.89 bits per heavy atom. The van der Waals surface area contributed by atoms with Crippen molar-refractivity contribution in [3.63, 3.8) is 0 Å². The second-order valence-electron chi connectivity index (χ2n) is 4.25. The van der Waals surface area contributed by atoms with Gasteiger partial charge in [0.2, 0.25) is 0 Å². The summed E-state index contributed by atoms with van der Waals surface area (Å²) in [6.45, 7) is 3.80. The summed E-state index contributed by atoms with van der Waals surface area (Å²) in [7, 11) is 1.68. The predicted octanol–water partition coefficient (Wildman–Crippen LogP) is 2.69. The lowest BCUT2D eigenvalue weighted by Gasteiger charge is -2.08. The lowest BCUT2D eigenvalue weighted by atomic mass is 10.1. The number of pyridine rings is 1. The molecule has 0 unspecified atom stereocenters. The van der Waals surface area contributed by atoms with Gasteiger partial charge in [-0.25, -0.2) is 0 Å². The highest BCUT2D eigenvalue weighted by atomic mass is 16.5. The Kier molecular flexibility index (Phi) is 4.31. The topological polar surface area (TPSA) is 34.1 Å². The molecule has 1 aromatic heterocycles. The molecular weight excluding hydrogens is 224 g/mol. The summed E-state index contributed by atoms with van der Waals surface area (Å²) in [5.41, 5.74) is 3.76. The van der Waals surface area contributed by atoms with Crippen molar-refractivity contribution in [3.8, 4) is 5.75 Å². The summed E-state index contributed by atoms with van der Waals surface area (Å²) in [6, 6.07) is 10.2. The minimum Gasteiger partial charge on any atom is -0.497 e. The molecule has 0 saturated carbocycles. The Labute approximate surface area is 108 Å². The molecule has 0 aliphatic carbocycles. The highest BCUT2D eigenvalue weighted by Crippen LogP contribution is 2.11. The van der Waals surface area contributed by atoms with Crippen LogP contribution in [-0.2, 0) is 13.1 Å². The van der Waals surface area contributed by atoms with Crippen LogP contribution < -0.4 is 10.1 Å². The van der Waals surface area contributed by atoms with Crippen molar-refractivity contribution in [2.45, 2.75) is 20.0 Å². The van der Waals surface area contributed by atoms with E-state index in [4.69, 9.17) is 4.74 Å². The van der Waals surface area contributed by atoms with E-state index in [1.807, 2.05) is 24.5 Å². The number of nitrogens with zero attached hydrogens (tertiary/aromatic N) is 1. The molecule has 0 bridgehead atoms. The van der Waals surface area contributed by atoms with Gasteiger partial charge in [0.1, 0.15) is 5.75 Å². The smallest absolute Gasteiger partial charge is 0.118 e. The van der Waals surface area contributed by atoms with E-state index in [-0.39, 0.29) is 0 Å². The first-order valence-corrected chi connectivity index (χ1v) is 6.03. The van der Waals surface area contributed by atoms with Crippen LogP contribution in [-0.4, -0.2) is 12.1 Å². The summed E-state index contributed by atoms with van der Waals surface area (Å²) in [6.07, 6.45) is 3.72. The molecule has 1 heterocycles. The fourth-order valence-corrected chi connectivity index (χ4v) is 1.79. The zero-order valence-electron chi connectivity index (χ0n) is 10.8. The van der Waals surface area contributed by atoms with Crippen molar-refractivity contribution < 1.29 is 4.74 Å². The van der Waals surface area contributed by atoms with Crippen LogP contribution in [0.5, 0.6) is 5.75 Å². The van der Waals surface area contributed by atoms with Gasteiger partial charge in [-0.2, -0.15) is 0 Å². The summed E-state index contributed by atoms with van der Waals surface area (Å²) < 4.78 is 5.13. The van der Waals surface area contributed by atoms with Gasteiger partial charge < -0.3 is 10.1 Å². The van der Waals surface area contributed by atoms with Crippen LogP contribution in [0.3, 0.4) is 0 Å². The van der Waals surface area contributed by atoms with Gasteiger partial charge in [-0.3, -0.25) is 4.98 Å². The van der Waals surface area contributed by atoms with E-state index >= 15 is 0 Å². The third kappa shape index (κ3) is 3.31. The standard InChI is InChI=1S/C15H18N2O/c1-12-9-16-8-7-14(12)11-17-10-13-3-5-15(18-2)6-4-13/h3-9,17H,10-11H2,1-2H3. The maximum absolute atomic E-state index is 5.13. The molecule has 0 aliphatic heterocycles. The van der Waals surface area contributed by atoms with Crippen LogP contribution in [0.4, 0.5) is 0 Å². The maximum Gasteiger partial charge on any atom is 0.118 e. The normalized spacial score (nSPS) is 10.3. The van der Waals surface area contributed by atoms with Gasteiger partial charge in [-0.05, 0) is 41.8 Å². The molecule has 0 radical (unpaired) electrons. The van der Waals surface area contributed by atoms with Gasteiger partial charge >= 0.3 is 0 Å². The molecule has 0 aliphatic rings. The van der Waals surface area contributed by atoms with E-state index in [1.54, 1.807) is 7.11 Å². The van der Waals surface area contributed by atoms with Crippen molar-refractivity contribution >= 4 is 0 Å². The molecule has 0 amide bonds. The zero-order chi connectivity index (χ0) is 12.8. The van der Waals surface area contributed by atoms with Gasteiger partial charge in [-0.15, -0.1) is 0 Å². The number of aryl methyl sites for hydroxylation is 1. The van der Waals surface area contributed by atoms with Gasteiger partial charge in [0.15, 0.2) is 0 Å². The number of nitrogens with one attached hydrogen (secondary N) is 1. The zero-order valence-corrected chi connectivity index (χ0v) is 10.8. The average Bonchev–Trinajstić information content (AvgIpc) is 2.42. The van der Waals surface area contributed by atoms with E-state index in [9.17, 15) is 0 Å². The molecule has 3 heteroatoms. The molecule has 2 aromatic rings. The van der Waals surface area contributed by atoms with Gasteiger partial charge in [0.25, 0.3) is 0 Å². The Bertz CT molecular complexity index is 494. The van der Waals surface area contributed by atoms with Crippen molar-refractivity contribution in [2.24, 2.45) is 0 Å². The van der Waals surface area contributed by atoms with Crippen LogP contribution in [0.25, 0.3) is 0 Å². The number of rotatable bonds is 5. The predicted molar refractivity (Wildman–Crippen MR) is 72.5 cm³/mol. The third-order valence-electron chi connectivity index (χ3n) is 2.94. The fourth-order valence-electron chi connectivity index (χ4n) is 1.79. The van der Waals surface area contributed by atoms with Crippen molar-refractivity contribution in [1.29, 1.82) is 0 Å². The number of hydrogen-bond donors (Lipinski definition) is 1. The van der Waals surface area contributed by atoms with E-state index in [2.05, 4.69) is 35.4 Å². The molecule has 1 aromatic carbocycles. The number of benzene rings is 1.